The molecule has 1 aromatic carbocycles. The summed E-state index contributed by atoms with van der Waals surface area (Å²) >= 11 is 0. The van der Waals surface area contributed by atoms with Crippen molar-refractivity contribution in [2.45, 2.75) is 13.3 Å². The molecule has 108 valence electrons. The van der Waals surface area contributed by atoms with Crippen LogP contribution in [0.3, 0.4) is 0 Å². The highest BCUT2D eigenvalue weighted by molar-refractivity contribution is 5.96. The van der Waals surface area contributed by atoms with Gasteiger partial charge in [-0.3, -0.25) is 9.59 Å². The van der Waals surface area contributed by atoms with E-state index in [9.17, 15) is 9.59 Å². The molecule has 1 aliphatic heterocycles. The number of benzene rings is 1. The number of nitrogens with two attached hydrogens (primary N) is 2. The minimum absolute atomic E-state index is 0.151. The normalized spacial score (nSPS) is 18.1. The predicted octanol–water partition coefficient (Wildman–Crippen LogP) is 0.615. The first-order chi connectivity index (χ1) is 9.51. The number of rotatable bonds is 4. The highest BCUT2D eigenvalue weighted by Crippen LogP contribution is 2.23. The summed E-state index contributed by atoms with van der Waals surface area (Å²) < 4.78 is 5.37. The summed E-state index contributed by atoms with van der Waals surface area (Å²) in [5.74, 6) is -0.197. The molecule has 1 saturated heterocycles. The third-order valence-corrected chi connectivity index (χ3v) is 3.36. The maximum atomic E-state index is 12.4. The number of anilines is 1. The number of likely N-dealkylation sites (tertiary alicyclic amines) is 1. The molecule has 20 heavy (non-hydrogen) atoms. The number of hydrogen-bond acceptors (Lipinski definition) is 4. The number of amides is 2. The Bertz CT molecular complexity index is 530. The van der Waals surface area contributed by atoms with Crippen molar-refractivity contribution in [2.75, 3.05) is 25.4 Å². The molecule has 1 fully saturated rings. The van der Waals surface area contributed by atoms with Gasteiger partial charge in [-0.2, -0.15) is 0 Å². The van der Waals surface area contributed by atoms with Gasteiger partial charge in [0.05, 0.1) is 12.5 Å². The molecule has 0 aromatic heterocycles. The van der Waals surface area contributed by atoms with Gasteiger partial charge in [0, 0.05) is 30.4 Å². The molecular formula is C14H19N3O3. The lowest BCUT2D eigenvalue weighted by molar-refractivity contribution is -0.121. The number of hydrogen-bond donors (Lipinski definition) is 2. The first-order valence-electron chi connectivity index (χ1n) is 6.63. The molecule has 1 aliphatic rings. The zero-order valence-electron chi connectivity index (χ0n) is 11.5. The van der Waals surface area contributed by atoms with Crippen LogP contribution in [0.1, 0.15) is 23.7 Å². The summed E-state index contributed by atoms with van der Waals surface area (Å²) in [6, 6.07) is 4.96. The van der Waals surface area contributed by atoms with Crippen molar-refractivity contribution in [1.82, 2.24) is 4.90 Å². The summed E-state index contributed by atoms with van der Waals surface area (Å²) in [4.78, 5) is 25.2. The SMILES string of the molecule is CCOc1cc(N)cc(C(=O)N2CCC(C(N)=O)C2)c1. The average molecular weight is 277 g/mol. The van der Waals surface area contributed by atoms with E-state index >= 15 is 0 Å². The molecular weight excluding hydrogens is 258 g/mol. The fourth-order valence-corrected chi connectivity index (χ4v) is 2.36. The summed E-state index contributed by atoms with van der Waals surface area (Å²) in [5, 5.41) is 0. The van der Waals surface area contributed by atoms with E-state index in [0.29, 0.717) is 43.1 Å². The molecule has 1 unspecified atom stereocenters. The Kier molecular flexibility index (Phi) is 4.12. The summed E-state index contributed by atoms with van der Waals surface area (Å²) in [6.07, 6.45) is 0.613. The fraction of sp³-hybridized carbons (Fsp3) is 0.429. The molecule has 2 amide bonds. The van der Waals surface area contributed by atoms with Gasteiger partial charge in [0.25, 0.3) is 5.91 Å². The van der Waals surface area contributed by atoms with Crippen molar-refractivity contribution < 1.29 is 14.3 Å². The quantitative estimate of drug-likeness (QED) is 0.788. The van der Waals surface area contributed by atoms with Gasteiger partial charge >= 0.3 is 0 Å². The van der Waals surface area contributed by atoms with Crippen molar-refractivity contribution in [3.8, 4) is 5.75 Å². The number of carbonyl (C=O) groups excluding carboxylic acids is 2. The van der Waals surface area contributed by atoms with Gasteiger partial charge in [0.15, 0.2) is 0 Å². The number of ether oxygens (including phenoxy) is 1. The summed E-state index contributed by atoms with van der Waals surface area (Å²) in [5.41, 5.74) is 12.0. The van der Waals surface area contributed by atoms with Gasteiger partial charge in [0.2, 0.25) is 5.91 Å². The van der Waals surface area contributed by atoms with E-state index in [4.69, 9.17) is 16.2 Å². The molecule has 4 N–H and O–H groups in total. The van der Waals surface area contributed by atoms with E-state index in [1.54, 1.807) is 23.1 Å². The number of carbonyl (C=O) groups is 2. The molecule has 0 bridgehead atoms. The molecule has 1 atom stereocenters. The van der Waals surface area contributed by atoms with E-state index in [1.807, 2.05) is 6.92 Å². The lowest BCUT2D eigenvalue weighted by Gasteiger charge is -2.17. The van der Waals surface area contributed by atoms with Gasteiger partial charge < -0.3 is 21.1 Å². The van der Waals surface area contributed by atoms with Crippen LogP contribution in [0, 0.1) is 5.92 Å². The third kappa shape index (κ3) is 3.01. The zero-order valence-corrected chi connectivity index (χ0v) is 11.5. The number of nitrogens with zero attached hydrogens (tertiary/aromatic N) is 1. The molecule has 2 rings (SSSR count). The van der Waals surface area contributed by atoms with Gasteiger partial charge in [-0.1, -0.05) is 0 Å². The first-order valence-corrected chi connectivity index (χ1v) is 6.63. The van der Waals surface area contributed by atoms with Crippen LogP contribution in [-0.4, -0.2) is 36.4 Å². The van der Waals surface area contributed by atoms with Gasteiger partial charge in [0.1, 0.15) is 5.75 Å². The Morgan fingerprint density at radius 1 is 1.40 bits per heavy atom. The van der Waals surface area contributed by atoms with Crippen LogP contribution in [0.25, 0.3) is 0 Å². The second-order valence-corrected chi connectivity index (χ2v) is 4.86. The van der Waals surface area contributed by atoms with Gasteiger partial charge in [-0.05, 0) is 25.5 Å². The van der Waals surface area contributed by atoms with Crippen molar-refractivity contribution in [1.29, 1.82) is 0 Å². The average Bonchev–Trinajstić information content (AvgIpc) is 2.87. The van der Waals surface area contributed by atoms with E-state index in [1.165, 1.54) is 0 Å². The van der Waals surface area contributed by atoms with Crippen LogP contribution >= 0.6 is 0 Å². The van der Waals surface area contributed by atoms with E-state index in [2.05, 4.69) is 0 Å². The van der Waals surface area contributed by atoms with Crippen LogP contribution in [0.4, 0.5) is 5.69 Å². The Hall–Kier alpha value is -2.24. The second-order valence-electron chi connectivity index (χ2n) is 4.86. The third-order valence-electron chi connectivity index (χ3n) is 3.36. The lowest BCUT2D eigenvalue weighted by atomic mass is 10.1. The first kappa shape index (κ1) is 14.2. The molecule has 0 spiro atoms. The van der Waals surface area contributed by atoms with E-state index < -0.39 is 0 Å². The largest absolute Gasteiger partial charge is 0.494 e. The minimum Gasteiger partial charge on any atom is -0.494 e. The molecule has 0 aliphatic carbocycles. The summed E-state index contributed by atoms with van der Waals surface area (Å²) in [6.45, 7) is 3.27. The fourth-order valence-electron chi connectivity index (χ4n) is 2.36. The molecule has 1 heterocycles. The maximum absolute atomic E-state index is 12.4. The predicted molar refractivity (Wildman–Crippen MR) is 75.2 cm³/mol. The standard InChI is InChI=1S/C14H19N3O3/c1-2-20-12-6-10(5-11(15)7-12)14(19)17-4-3-9(8-17)13(16)18/h5-7,9H,2-4,8,15H2,1H3,(H2,16,18). The van der Waals surface area contributed by atoms with Crippen molar-refractivity contribution in [2.24, 2.45) is 11.7 Å². The Labute approximate surface area is 117 Å². The summed E-state index contributed by atoms with van der Waals surface area (Å²) in [7, 11) is 0. The van der Waals surface area contributed by atoms with Crippen LogP contribution < -0.4 is 16.2 Å². The molecule has 6 heteroatoms. The highest BCUT2D eigenvalue weighted by atomic mass is 16.5. The smallest absolute Gasteiger partial charge is 0.254 e. The Balaban J connectivity index is 2.15. The lowest BCUT2D eigenvalue weighted by Crippen LogP contribution is -2.31. The number of nitrogen functional groups attached to an aromatic ring is 1. The second kappa shape index (κ2) is 5.81. The van der Waals surface area contributed by atoms with Crippen LogP contribution in [0.2, 0.25) is 0 Å². The van der Waals surface area contributed by atoms with Gasteiger partial charge in [-0.15, -0.1) is 0 Å². The Morgan fingerprint density at radius 2 is 2.15 bits per heavy atom. The highest BCUT2D eigenvalue weighted by Gasteiger charge is 2.30. The molecule has 6 nitrogen and oxygen atoms in total. The van der Waals surface area contributed by atoms with Crippen molar-refractivity contribution >= 4 is 17.5 Å². The van der Waals surface area contributed by atoms with Crippen LogP contribution in [-0.2, 0) is 4.79 Å². The van der Waals surface area contributed by atoms with Gasteiger partial charge in [-0.25, -0.2) is 0 Å². The van der Waals surface area contributed by atoms with E-state index in [-0.39, 0.29) is 17.7 Å². The molecule has 0 saturated carbocycles. The van der Waals surface area contributed by atoms with Crippen molar-refractivity contribution in [3.63, 3.8) is 0 Å². The minimum atomic E-state index is -0.358. The maximum Gasteiger partial charge on any atom is 0.254 e. The molecule has 0 radical (unpaired) electrons. The van der Waals surface area contributed by atoms with Crippen molar-refractivity contribution in [3.05, 3.63) is 23.8 Å². The van der Waals surface area contributed by atoms with Crippen LogP contribution in [0.5, 0.6) is 5.75 Å². The zero-order chi connectivity index (χ0) is 14.7. The Morgan fingerprint density at radius 3 is 2.75 bits per heavy atom. The monoisotopic (exact) mass is 277 g/mol. The van der Waals surface area contributed by atoms with E-state index in [0.717, 1.165) is 0 Å². The number of primary amides is 1. The molecule has 1 aromatic rings. The van der Waals surface area contributed by atoms with Crippen LogP contribution in [0.15, 0.2) is 18.2 Å². The topological polar surface area (TPSA) is 98.7 Å².